The summed E-state index contributed by atoms with van der Waals surface area (Å²) in [5.41, 5.74) is 0.869. The first-order valence-corrected chi connectivity index (χ1v) is 9.88. The van der Waals surface area contributed by atoms with Crippen molar-refractivity contribution in [2.45, 2.75) is 57.9 Å². The molecule has 6 rings (SSSR count). The van der Waals surface area contributed by atoms with E-state index in [0.717, 1.165) is 60.2 Å². The van der Waals surface area contributed by atoms with E-state index in [4.69, 9.17) is 4.42 Å². The maximum atomic E-state index is 13.1. The second-order valence-electron chi connectivity index (χ2n) is 9.03. The fraction of sp³-hybridized carbons (Fsp3) is 0.591. The van der Waals surface area contributed by atoms with Gasteiger partial charge < -0.3 is 9.73 Å². The van der Waals surface area contributed by atoms with Crippen molar-refractivity contribution in [3.8, 4) is 0 Å². The molecule has 132 valence electrons. The molecule has 1 atom stereocenters. The third-order valence-corrected chi connectivity index (χ3v) is 6.88. The molecule has 1 aromatic carbocycles. The van der Waals surface area contributed by atoms with Crippen LogP contribution in [0.5, 0.6) is 0 Å². The molecule has 4 fully saturated rings. The van der Waals surface area contributed by atoms with Crippen LogP contribution in [0.25, 0.3) is 11.0 Å². The van der Waals surface area contributed by atoms with E-state index in [-0.39, 0.29) is 11.5 Å². The third-order valence-electron chi connectivity index (χ3n) is 6.88. The maximum absolute atomic E-state index is 13.1. The topological polar surface area (TPSA) is 42.2 Å². The predicted octanol–water partition coefficient (Wildman–Crippen LogP) is 4.70. The number of amides is 1. The number of hydrogen-bond acceptors (Lipinski definition) is 2. The van der Waals surface area contributed by atoms with Crippen LogP contribution in [0.1, 0.15) is 51.2 Å². The standard InChI is InChI=1S/C22H27NO2/c1-14(6-19-10-18-4-2-3-5-20(18)25-19)23-21(24)22-11-15-7-16(12-22)9-17(8-15)13-22/h2-5,10,14-17H,6-9,11-13H2,1H3,(H,23,24). The second kappa shape index (κ2) is 5.62. The fourth-order valence-corrected chi connectivity index (χ4v) is 6.26. The number of carbonyl (C=O) groups excluding carboxylic acids is 1. The minimum atomic E-state index is -0.0586. The number of para-hydroxylation sites is 1. The van der Waals surface area contributed by atoms with Gasteiger partial charge in [0.2, 0.25) is 5.91 Å². The van der Waals surface area contributed by atoms with Gasteiger partial charge in [-0.1, -0.05) is 18.2 Å². The fourth-order valence-electron chi connectivity index (χ4n) is 6.26. The SMILES string of the molecule is CC(Cc1cc2ccccc2o1)NC(=O)C12CC3CC(CC(C3)C1)C2. The van der Waals surface area contributed by atoms with Gasteiger partial charge in [0.15, 0.2) is 0 Å². The van der Waals surface area contributed by atoms with Crippen LogP contribution in [0.4, 0.5) is 0 Å². The molecule has 4 aliphatic rings. The summed E-state index contributed by atoms with van der Waals surface area (Å²) < 4.78 is 5.92. The molecule has 4 saturated carbocycles. The Bertz CT molecular complexity index is 737. The number of carbonyl (C=O) groups is 1. The molecule has 1 heterocycles. The van der Waals surface area contributed by atoms with Gasteiger partial charge in [-0.05, 0) is 75.3 Å². The van der Waals surface area contributed by atoms with Crippen LogP contribution in [0.15, 0.2) is 34.7 Å². The Labute approximate surface area is 149 Å². The van der Waals surface area contributed by atoms with Crippen LogP contribution in [-0.2, 0) is 11.2 Å². The highest BCUT2D eigenvalue weighted by Gasteiger charge is 2.54. The zero-order chi connectivity index (χ0) is 17.0. The molecule has 3 nitrogen and oxygen atoms in total. The lowest BCUT2D eigenvalue weighted by atomic mass is 9.49. The van der Waals surface area contributed by atoms with Crippen LogP contribution < -0.4 is 5.32 Å². The second-order valence-corrected chi connectivity index (χ2v) is 9.03. The molecule has 1 N–H and O–H groups in total. The van der Waals surface area contributed by atoms with Gasteiger partial charge in [-0.2, -0.15) is 0 Å². The van der Waals surface area contributed by atoms with Gasteiger partial charge >= 0.3 is 0 Å². The zero-order valence-electron chi connectivity index (χ0n) is 15.0. The molecule has 0 aliphatic heterocycles. The number of rotatable bonds is 4. The van der Waals surface area contributed by atoms with Crippen molar-refractivity contribution in [2.24, 2.45) is 23.2 Å². The van der Waals surface area contributed by atoms with Crippen LogP contribution >= 0.6 is 0 Å². The van der Waals surface area contributed by atoms with Crippen molar-refractivity contribution in [3.63, 3.8) is 0 Å². The van der Waals surface area contributed by atoms with Crippen LogP contribution in [0, 0.1) is 23.2 Å². The molecule has 0 saturated heterocycles. The van der Waals surface area contributed by atoms with Crippen LogP contribution in [0.3, 0.4) is 0 Å². The van der Waals surface area contributed by atoms with E-state index in [1.54, 1.807) is 0 Å². The van der Waals surface area contributed by atoms with E-state index >= 15 is 0 Å². The normalized spacial score (nSPS) is 34.4. The van der Waals surface area contributed by atoms with E-state index in [9.17, 15) is 4.79 Å². The maximum Gasteiger partial charge on any atom is 0.226 e. The smallest absolute Gasteiger partial charge is 0.226 e. The Kier molecular flexibility index (Phi) is 3.48. The number of hydrogen-bond donors (Lipinski definition) is 1. The van der Waals surface area contributed by atoms with Crippen LogP contribution in [0.2, 0.25) is 0 Å². The minimum Gasteiger partial charge on any atom is -0.461 e. The lowest BCUT2D eigenvalue weighted by Gasteiger charge is -2.55. The summed E-state index contributed by atoms with van der Waals surface area (Å²) >= 11 is 0. The van der Waals surface area contributed by atoms with Crippen molar-refractivity contribution in [1.82, 2.24) is 5.32 Å². The lowest BCUT2D eigenvalue weighted by Crippen LogP contribution is -2.55. The number of furan rings is 1. The first-order chi connectivity index (χ1) is 12.1. The van der Waals surface area contributed by atoms with Gasteiger partial charge in [-0.15, -0.1) is 0 Å². The number of fused-ring (bicyclic) bond motifs is 1. The average Bonchev–Trinajstić information content (AvgIpc) is 2.95. The summed E-state index contributed by atoms with van der Waals surface area (Å²) in [7, 11) is 0. The minimum absolute atomic E-state index is 0.0586. The Morgan fingerprint density at radius 2 is 1.80 bits per heavy atom. The zero-order valence-corrected chi connectivity index (χ0v) is 15.0. The van der Waals surface area contributed by atoms with E-state index in [1.165, 1.54) is 19.3 Å². The largest absolute Gasteiger partial charge is 0.461 e. The Balaban J connectivity index is 1.27. The highest BCUT2D eigenvalue weighted by Crippen LogP contribution is 2.60. The van der Waals surface area contributed by atoms with E-state index in [0.29, 0.717) is 5.91 Å². The summed E-state index contributed by atoms with van der Waals surface area (Å²) in [5, 5.41) is 4.47. The first kappa shape index (κ1) is 15.5. The van der Waals surface area contributed by atoms with Gasteiger partial charge in [0.05, 0.1) is 0 Å². The van der Waals surface area contributed by atoms with Gasteiger partial charge in [-0.25, -0.2) is 0 Å². The summed E-state index contributed by atoms with van der Waals surface area (Å²) in [4.78, 5) is 13.1. The first-order valence-electron chi connectivity index (χ1n) is 9.88. The molecular weight excluding hydrogens is 310 g/mol. The van der Waals surface area contributed by atoms with E-state index < -0.39 is 0 Å². The molecule has 0 radical (unpaired) electrons. The van der Waals surface area contributed by atoms with Gasteiger partial charge in [0, 0.05) is 23.3 Å². The van der Waals surface area contributed by atoms with Crippen molar-refractivity contribution in [2.75, 3.05) is 0 Å². The van der Waals surface area contributed by atoms with Crippen molar-refractivity contribution < 1.29 is 9.21 Å². The van der Waals surface area contributed by atoms with Crippen LogP contribution in [-0.4, -0.2) is 11.9 Å². The lowest BCUT2D eigenvalue weighted by molar-refractivity contribution is -0.146. The number of benzene rings is 1. The van der Waals surface area contributed by atoms with Crippen molar-refractivity contribution in [1.29, 1.82) is 0 Å². The highest BCUT2D eigenvalue weighted by molar-refractivity contribution is 5.83. The van der Waals surface area contributed by atoms with Gasteiger partial charge in [-0.3, -0.25) is 4.79 Å². The van der Waals surface area contributed by atoms with E-state index in [2.05, 4.69) is 24.4 Å². The summed E-state index contributed by atoms with van der Waals surface area (Å²) in [6.07, 6.45) is 8.27. The molecule has 0 spiro atoms. The Hall–Kier alpha value is -1.77. The van der Waals surface area contributed by atoms with Crippen molar-refractivity contribution in [3.05, 3.63) is 36.1 Å². The monoisotopic (exact) mass is 337 g/mol. The molecule has 2 aromatic rings. The molecule has 4 bridgehead atoms. The third kappa shape index (κ3) is 2.68. The Morgan fingerprint density at radius 3 is 2.44 bits per heavy atom. The molecular formula is C22H27NO2. The summed E-state index contributed by atoms with van der Waals surface area (Å²) in [6.45, 7) is 2.10. The molecule has 1 unspecified atom stereocenters. The molecule has 1 amide bonds. The molecule has 1 aromatic heterocycles. The molecule has 25 heavy (non-hydrogen) atoms. The van der Waals surface area contributed by atoms with Gasteiger partial charge in [0.1, 0.15) is 11.3 Å². The molecule has 3 heteroatoms. The molecule has 4 aliphatic carbocycles. The predicted molar refractivity (Wildman–Crippen MR) is 98.1 cm³/mol. The summed E-state index contributed by atoms with van der Waals surface area (Å²) in [6, 6.07) is 10.3. The highest BCUT2D eigenvalue weighted by atomic mass is 16.3. The van der Waals surface area contributed by atoms with E-state index in [1.807, 2.05) is 18.2 Å². The quantitative estimate of drug-likeness (QED) is 0.879. The summed E-state index contributed by atoms with van der Waals surface area (Å²) in [5.74, 6) is 3.70. The number of nitrogens with one attached hydrogen (secondary N) is 1. The Morgan fingerprint density at radius 1 is 1.16 bits per heavy atom. The average molecular weight is 337 g/mol. The van der Waals surface area contributed by atoms with Crippen molar-refractivity contribution >= 4 is 16.9 Å². The van der Waals surface area contributed by atoms with Gasteiger partial charge in [0.25, 0.3) is 0 Å².